The Morgan fingerprint density at radius 3 is 2.76 bits per heavy atom. The van der Waals surface area contributed by atoms with Crippen LogP contribution in [-0.2, 0) is 9.59 Å². The molecule has 2 aromatic carbocycles. The fraction of sp³-hybridized carbons (Fsp3) is 0.217. The maximum atomic E-state index is 13.0. The third kappa shape index (κ3) is 3.89. The summed E-state index contributed by atoms with van der Waals surface area (Å²) >= 11 is 1.63. The first kappa shape index (κ1) is 19.2. The molecule has 148 valence electrons. The van der Waals surface area contributed by atoms with Gasteiger partial charge in [0.2, 0.25) is 11.8 Å². The molecule has 1 saturated heterocycles. The van der Waals surface area contributed by atoms with E-state index in [9.17, 15) is 9.59 Å². The van der Waals surface area contributed by atoms with Crippen molar-refractivity contribution in [2.75, 3.05) is 23.9 Å². The number of amides is 2. The van der Waals surface area contributed by atoms with Crippen LogP contribution in [0.5, 0.6) is 5.75 Å². The van der Waals surface area contributed by atoms with Crippen molar-refractivity contribution in [2.45, 2.75) is 13.3 Å². The second-order valence-corrected chi connectivity index (χ2v) is 8.04. The summed E-state index contributed by atoms with van der Waals surface area (Å²) in [4.78, 5) is 28.4. The molecule has 1 fully saturated rings. The van der Waals surface area contributed by atoms with Crippen molar-refractivity contribution in [3.63, 3.8) is 0 Å². The highest BCUT2D eigenvalue weighted by Crippen LogP contribution is 2.35. The lowest BCUT2D eigenvalue weighted by Crippen LogP contribution is -2.28. The van der Waals surface area contributed by atoms with Crippen molar-refractivity contribution in [3.05, 3.63) is 65.5 Å². The molecule has 1 atom stereocenters. The number of ether oxygens (including phenoxy) is 1. The van der Waals surface area contributed by atoms with Gasteiger partial charge >= 0.3 is 0 Å². The summed E-state index contributed by atoms with van der Waals surface area (Å²) in [6.45, 7) is 2.31. The molecule has 1 aromatic heterocycles. The Morgan fingerprint density at radius 1 is 1.17 bits per heavy atom. The molecule has 3 aromatic rings. The maximum Gasteiger partial charge on any atom is 0.229 e. The molecule has 6 heteroatoms. The van der Waals surface area contributed by atoms with E-state index in [2.05, 4.69) is 5.32 Å². The molecule has 4 rings (SSSR count). The van der Waals surface area contributed by atoms with Gasteiger partial charge in [-0.2, -0.15) is 0 Å². The van der Waals surface area contributed by atoms with Gasteiger partial charge in [0.25, 0.3) is 0 Å². The largest absolute Gasteiger partial charge is 0.495 e. The van der Waals surface area contributed by atoms with Gasteiger partial charge in [0.15, 0.2) is 0 Å². The fourth-order valence-corrected chi connectivity index (χ4v) is 4.37. The molecule has 0 radical (unpaired) electrons. The number of benzene rings is 2. The van der Waals surface area contributed by atoms with Crippen LogP contribution in [0.15, 0.2) is 60.0 Å². The lowest BCUT2D eigenvalue weighted by molar-refractivity contribution is -0.122. The number of methoxy groups -OCH3 is 1. The lowest BCUT2D eigenvalue weighted by Gasteiger charge is -2.20. The van der Waals surface area contributed by atoms with Gasteiger partial charge in [-0.25, -0.2) is 0 Å². The molecule has 5 nitrogen and oxygen atoms in total. The number of nitrogens with one attached hydrogen (secondary N) is 1. The summed E-state index contributed by atoms with van der Waals surface area (Å²) in [5, 5.41) is 5.04. The highest BCUT2D eigenvalue weighted by Gasteiger charge is 2.36. The number of aryl methyl sites for hydroxylation is 1. The number of hydrogen-bond donors (Lipinski definition) is 1. The zero-order valence-electron chi connectivity index (χ0n) is 16.3. The van der Waals surface area contributed by atoms with Crippen LogP contribution in [0.2, 0.25) is 0 Å². The Bertz CT molecular complexity index is 1050. The smallest absolute Gasteiger partial charge is 0.229 e. The summed E-state index contributed by atoms with van der Waals surface area (Å²) in [6, 6.07) is 17.5. The third-order valence-electron chi connectivity index (χ3n) is 5.09. The summed E-state index contributed by atoms with van der Waals surface area (Å²) in [5.41, 5.74) is 3.49. The molecule has 2 amide bonds. The number of carbonyl (C=O) groups is 2. The second-order valence-electron chi connectivity index (χ2n) is 7.09. The molecule has 29 heavy (non-hydrogen) atoms. The topological polar surface area (TPSA) is 58.6 Å². The Kier molecular flexibility index (Phi) is 5.36. The minimum absolute atomic E-state index is 0.0689. The monoisotopic (exact) mass is 406 g/mol. The predicted octanol–water partition coefficient (Wildman–Crippen LogP) is 4.72. The summed E-state index contributed by atoms with van der Waals surface area (Å²) in [5.74, 6) is 0.00854. The minimum atomic E-state index is -0.413. The normalized spacial score (nSPS) is 16.1. The number of thiophene rings is 1. The van der Waals surface area contributed by atoms with Crippen molar-refractivity contribution in [1.82, 2.24) is 0 Å². The Balaban J connectivity index is 1.54. The van der Waals surface area contributed by atoms with E-state index in [1.807, 2.05) is 66.9 Å². The molecule has 1 N–H and O–H groups in total. The van der Waals surface area contributed by atoms with E-state index in [4.69, 9.17) is 4.74 Å². The van der Waals surface area contributed by atoms with Gasteiger partial charge in [-0.3, -0.25) is 9.59 Å². The van der Waals surface area contributed by atoms with Crippen LogP contribution in [0.25, 0.3) is 10.4 Å². The SMILES string of the molecule is COc1ccc(C)cc1N1CC(C(=O)Nc2ccccc2-c2cccs2)CC1=O. The lowest BCUT2D eigenvalue weighted by atomic mass is 10.1. The number of anilines is 2. The van der Waals surface area contributed by atoms with E-state index >= 15 is 0 Å². The van der Waals surface area contributed by atoms with Crippen molar-refractivity contribution >= 4 is 34.5 Å². The van der Waals surface area contributed by atoms with Crippen LogP contribution in [-0.4, -0.2) is 25.5 Å². The fourth-order valence-electron chi connectivity index (χ4n) is 3.60. The van der Waals surface area contributed by atoms with Gasteiger partial charge in [-0.15, -0.1) is 11.3 Å². The zero-order valence-corrected chi connectivity index (χ0v) is 17.2. The predicted molar refractivity (Wildman–Crippen MR) is 117 cm³/mol. The van der Waals surface area contributed by atoms with E-state index in [1.54, 1.807) is 23.3 Å². The van der Waals surface area contributed by atoms with Crippen LogP contribution in [0.4, 0.5) is 11.4 Å². The van der Waals surface area contributed by atoms with E-state index in [1.165, 1.54) is 0 Å². The van der Waals surface area contributed by atoms with Crippen LogP contribution in [0, 0.1) is 12.8 Å². The highest BCUT2D eigenvalue weighted by molar-refractivity contribution is 7.13. The first-order chi connectivity index (χ1) is 14.1. The van der Waals surface area contributed by atoms with E-state index < -0.39 is 5.92 Å². The quantitative estimate of drug-likeness (QED) is 0.667. The maximum absolute atomic E-state index is 13.0. The number of nitrogens with zero attached hydrogens (tertiary/aromatic N) is 1. The molecule has 1 aliphatic heterocycles. The van der Waals surface area contributed by atoms with E-state index in [0.29, 0.717) is 18.0 Å². The molecule has 0 saturated carbocycles. The van der Waals surface area contributed by atoms with Gasteiger partial charge in [0, 0.05) is 29.1 Å². The molecular weight excluding hydrogens is 384 g/mol. The van der Waals surface area contributed by atoms with Crippen LogP contribution < -0.4 is 15.0 Å². The van der Waals surface area contributed by atoms with Gasteiger partial charge in [-0.05, 0) is 42.1 Å². The number of carbonyl (C=O) groups excluding carboxylic acids is 2. The molecule has 0 bridgehead atoms. The van der Waals surface area contributed by atoms with Gasteiger partial charge in [0.1, 0.15) is 5.75 Å². The molecular formula is C23H22N2O3S. The Morgan fingerprint density at radius 2 is 2.00 bits per heavy atom. The zero-order chi connectivity index (χ0) is 20.4. The number of para-hydroxylation sites is 1. The van der Waals surface area contributed by atoms with E-state index in [-0.39, 0.29) is 18.2 Å². The summed E-state index contributed by atoms with van der Waals surface area (Å²) in [7, 11) is 1.58. The van der Waals surface area contributed by atoms with Crippen molar-refractivity contribution in [3.8, 4) is 16.2 Å². The van der Waals surface area contributed by atoms with Gasteiger partial charge in [0.05, 0.1) is 18.7 Å². The van der Waals surface area contributed by atoms with Gasteiger partial charge < -0.3 is 15.0 Å². The van der Waals surface area contributed by atoms with E-state index in [0.717, 1.165) is 21.7 Å². The number of hydrogen-bond acceptors (Lipinski definition) is 4. The molecule has 2 heterocycles. The van der Waals surface area contributed by atoms with Crippen molar-refractivity contribution in [1.29, 1.82) is 0 Å². The number of rotatable bonds is 5. The summed E-state index contributed by atoms with van der Waals surface area (Å²) < 4.78 is 5.42. The standard InChI is InChI=1S/C23H22N2O3S/c1-15-9-10-20(28-2)19(12-15)25-14-16(13-22(25)26)23(27)24-18-7-4-3-6-17(18)21-8-5-11-29-21/h3-12,16H,13-14H2,1-2H3,(H,24,27). The average molecular weight is 407 g/mol. The Labute approximate surface area is 173 Å². The first-order valence-corrected chi connectivity index (χ1v) is 10.3. The molecule has 1 unspecified atom stereocenters. The molecule has 0 spiro atoms. The molecule has 1 aliphatic rings. The van der Waals surface area contributed by atoms with Crippen LogP contribution in [0.1, 0.15) is 12.0 Å². The average Bonchev–Trinajstić information content (AvgIpc) is 3.38. The highest BCUT2D eigenvalue weighted by atomic mass is 32.1. The van der Waals surface area contributed by atoms with Crippen LogP contribution >= 0.6 is 11.3 Å². The molecule has 0 aliphatic carbocycles. The second kappa shape index (κ2) is 8.09. The van der Waals surface area contributed by atoms with Crippen LogP contribution in [0.3, 0.4) is 0 Å². The third-order valence-corrected chi connectivity index (χ3v) is 6.00. The first-order valence-electron chi connectivity index (χ1n) is 9.45. The van der Waals surface area contributed by atoms with Crippen molar-refractivity contribution in [2.24, 2.45) is 5.92 Å². The van der Waals surface area contributed by atoms with Crippen molar-refractivity contribution < 1.29 is 14.3 Å². The minimum Gasteiger partial charge on any atom is -0.495 e. The Hall–Kier alpha value is -3.12. The summed E-state index contributed by atoms with van der Waals surface area (Å²) in [6.07, 6.45) is 0.185. The van der Waals surface area contributed by atoms with Gasteiger partial charge in [-0.1, -0.05) is 30.3 Å².